The number of amides is 1. The molecule has 1 aromatic heterocycles. The number of aryl methyl sites for hydroxylation is 1. The molecule has 3 rings (SSSR count). The Bertz CT molecular complexity index is 794. The highest BCUT2D eigenvalue weighted by Crippen LogP contribution is 2.38. The van der Waals surface area contributed by atoms with Gasteiger partial charge in [0.05, 0.1) is 22.8 Å². The Kier molecular flexibility index (Phi) is 5.60. The van der Waals surface area contributed by atoms with Crippen molar-refractivity contribution in [3.8, 4) is 0 Å². The number of piperidine rings is 1. The molecule has 1 unspecified atom stereocenters. The zero-order chi connectivity index (χ0) is 22.7. The van der Waals surface area contributed by atoms with Crippen LogP contribution < -0.4 is 5.59 Å². The van der Waals surface area contributed by atoms with Gasteiger partial charge in [-0.2, -0.15) is 5.10 Å². The molecule has 168 valence electrons. The number of ether oxygens (including phenoxy) is 1. The summed E-state index contributed by atoms with van der Waals surface area (Å²) < 4.78 is 20.0. The molecule has 2 aliphatic rings. The Labute approximate surface area is 181 Å². The van der Waals surface area contributed by atoms with Crippen LogP contribution in [0.3, 0.4) is 0 Å². The van der Waals surface area contributed by atoms with Crippen molar-refractivity contribution in [1.82, 2.24) is 14.7 Å². The van der Waals surface area contributed by atoms with E-state index in [4.69, 9.17) is 19.1 Å². The zero-order valence-electron chi connectivity index (χ0n) is 20.3. The van der Waals surface area contributed by atoms with Crippen LogP contribution in [0.4, 0.5) is 4.79 Å². The smallest absolute Gasteiger partial charge is 0.444 e. The molecule has 0 radical (unpaired) electrons. The van der Waals surface area contributed by atoms with Gasteiger partial charge < -0.3 is 18.9 Å². The van der Waals surface area contributed by atoms with E-state index in [2.05, 4.69) is 31.5 Å². The van der Waals surface area contributed by atoms with E-state index in [1.165, 1.54) is 0 Å². The normalized spacial score (nSPS) is 25.5. The lowest BCUT2D eigenvalue weighted by molar-refractivity contribution is -0.0144. The van der Waals surface area contributed by atoms with Crippen LogP contribution in [0.2, 0.25) is 0 Å². The van der Waals surface area contributed by atoms with E-state index in [-0.39, 0.29) is 17.7 Å². The molecule has 7 nitrogen and oxygen atoms in total. The molecular formula is C22H38BN3O4. The minimum Gasteiger partial charge on any atom is -0.444 e. The molecule has 0 saturated carbocycles. The molecule has 1 aromatic rings. The predicted octanol–water partition coefficient (Wildman–Crippen LogP) is 3.84. The highest BCUT2D eigenvalue weighted by Gasteiger charge is 2.53. The Morgan fingerprint density at radius 2 is 1.73 bits per heavy atom. The van der Waals surface area contributed by atoms with Crippen molar-refractivity contribution in [3.05, 3.63) is 11.8 Å². The van der Waals surface area contributed by atoms with Crippen LogP contribution in [0.1, 0.15) is 86.9 Å². The first kappa shape index (κ1) is 23.1. The molecule has 1 amide bonds. The average molecular weight is 419 g/mol. The number of carbonyl (C=O) groups excluding carboxylic acids is 1. The maximum atomic E-state index is 12.7. The number of carbonyl (C=O) groups is 1. The molecule has 8 heteroatoms. The van der Waals surface area contributed by atoms with Gasteiger partial charge >= 0.3 is 13.2 Å². The van der Waals surface area contributed by atoms with E-state index in [9.17, 15) is 4.79 Å². The van der Waals surface area contributed by atoms with Gasteiger partial charge in [0, 0.05) is 17.8 Å². The lowest BCUT2D eigenvalue weighted by atomic mass is 9.85. The summed E-state index contributed by atoms with van der Waals surface area (Å²) in [4.78, 5) is 14.5. The number of rotatable bonds is 2. The first-order valence-electron chi connectivity index (χ1n) is 10.9. The topological polar surface area (TPSA) is 65.8 Å². The molecular weight excluding hydrogens is 381 g/mol. The summed E-state index contributed by atoms with van der Waals surface area (Å²) in [7, 11) is -0.468. The molecule has 3 heterocycles. The van der Waals surface area contributed by atoms with Crippen molar-refractivity contribution >= 4 is 18.8 Å². The van der Waals surface area contributed by atoms with E-state index in [0.717, 1.165) is 24.1 Å². The minimum absolute atomic E-state index is 0.204. The molecule has 0 aliphatic carbocycles. The highest BCUT2D eigenvalue weighted by atomic mass is 16.7. The molecule has 0 spiro atoms. The van der Waals surface area contributed by atoms with Crippen molar-refractivity contribution in [2.75, 3.05) is 6.54 Å². The minimum atomic E-state index is -0.500. The van der Waals surface area contributed by atoms with Crippen LogP contribution in [-0.4, -0.2) is 56.8 Å². The number of hydrogen-bond acceptors (Lipinski definition) is 5. The van der Waals surface area contributed by atoms with Crippen molar-refractivity contribution in [1.29, 1.82) is 0 Å². The summed E-state index contributed by atoms with van der Waals surface area (Å²) in [6.07, 6.45) is 1.38. The summed E-state index contributed by atoms with van der Waals surface area (Å²) in [6, 6.07) is 2.25. The third kappa shape index (κ3) is 4.40. The third-order valence-corrected chi connectivity index (χ3v) is 6.55. The van der Waals surface area contributed by atoms with Crippen LogP contribution in [0, 0.1) is 6.92 Å². The highest BCUT2D eigenvalue weighted by molar-refractivity contribution is 6.61. The van der Waals surface area contributed by atoms with E-state index in [1.807, 2.05) is 53.4 Å². The summed E-state index contributed by atoms with van der Waals surface area (Å²) in [5.74, 6) is 0. The Morgan fingerprint density at radius 1 is 1.17 bits per heavy atom. The van der Waals surface area contributed by atoms with Crippen LogP contribution in [0.25, 0.3) is 0 Å². The summed E-state index contributed by atoms with van der Waals surface area (Å²) in [6.45, 7) is 20.8. The van der Waals surface area contributed by atoms with Gasteiger partial charge in [-0.15, -0.1) is 0 Å². The average Bonchev–Trinajstić information content (AvgIpc) is 3.01. The van der Waals surface area contributed by atoms with Gasteiger partial charge in [0.1, 0.15) is 5.60 Å². The zero-order valence-corrected chi connectivity index (χ0v) is 20.3. The second-order valence-corrected chi connectivity index (χ2v) is 11.3. The molecule has 1 atom stereocenters. The number of hydrogen-bond donors (Lipinski definition) is 0. The SMILES string of the molecule is Cc1cc(B2OC(C)(C)C(C)(C)O2)nn1C1CCN(C(=O)OC(C)(C)C)C(C)(C)C1. The van der Waals surface area contributed by atoms with Crippen LogP contribution in [0.15, 0.2) is 6.07 Å². The van der Waals surface area contributed by atoms with E-state index in [0.29, 0.717) is 6.54 Å². The fourth-order valence-corrected chi connectivity index (χ4v) is 4.19. The van der Waals surface area contributed by atoms with Crippen molar-refractivity contribution in [2.45, 2.75) is 110 Å². The van der Waals surface area contributed by atoms with Crippen LogP contribution >= 0.6 is 0 Å². The van der Waals surface area contributed by atoms with Crippen molar-refractivity contribution in [3.63, 3.8) is 0 Å². The molecule has 0 aromatic carbocycles. The van der Waals surface area contributed by atoms with Gasteiger partial charge in [0.25, 0.3) is 0 Å². The fraction of sp³-hybridized carbons (Fsp3) is 0.818. The quantitative estimate of drug-likeness (QED) is 0.682. The van der Waals surface area contributed by atoms with Gasteiger partial charge in [-0.1, -0.05) is 0 Å². The van der Waals surface area contributed by atoms with Gasteiger partial charge in [0.15, 0.2) is 0 Å². The molecule has 2 aliphatic heterocycles. The summed E-state index contributed by atoms with van der Waals surface area (Å²) in [5, 5.41) is 4.87. The number of likely N-dealkylation sites (tertiary alicyclic amines) is 1. The lowest BCUT2D eigenvalue weighted by Gasteiger charge is -2.45. The first-order valence-corrected chi connectivity index (χ1v) is 10.9. The standard InChI is InChI=1S/C22H38BN3O4/c1-15-13-17(23-29-21(7,8)22(9,10)30-23)24-26(15)16-11-12-25(20(5,6)14-16)18(27)28-19(2,3)4/h13,16H,11-12,14H2,1-10H3. The maximum absolute atomic E-state index is 12.7. The van der Waals surface area contributed by atoms with Gasteiger partial charge in [0.2, 0.25) is 0 Å². The van der Waals surface area contributed by atoms with Crippen molar-refractivity contribution in [2.24, 2.45) is 0 Å². The predicted molar refractivity (Wildman–Crippen MR) is 118 cm³/mol. The fourth-order valence-electron chi connectivity index (χ4n) is 4.19. The monoisotopic (exact) mass is 419 g/mol. The number of nitrogens with zero attached hydrogens (tertiary/aromatic N) is 3. The largest absolute Gasteiger partial charge is 0.516 e. The Morgan fingerprint density at radius 3 is 2.23 bits per heavy atom. The molecule has 30 heavy (non-hydrogen) atoms. The van der Waals surface area contributed by atoms with Gasteiger partial charge in [-0.3, -0.25) is 4.68 Å². The third-order valence-electron chi connectivity index (χ3n) is 6.55. The molecule has 0 N–H and O–H groups in total. The summed E-state index contributed by atoms with van der Waals surface area (Å²) >= 11 is 0. The van der Waals surface area contributed by atoms with Crippen molar-refractivity contribution < 1.29 is 18.8 Å². The first-order chi connectivity index (χ1) is 13.5. The molecule has 0 bridgehead atoms. The summed E-state index contributed by atoms with van der Waals surface area (Å²) in [5.41, 5.74) is 0.269. The van der Waals surface area contributed by atoms with E-state index >= 15 is 0 Å². The van der Waals surface area contributed by atoms with E-state index < -0.39 is 23.9 Å². The second kappa shape index (κ2) is 7.26. The lowest BCUT2D eigenvalue weighted by Crippen LogP contribution is -2.54. The van der Waals surface area contributed by atoms with Gasteiger partial charge in [-0.05, 0) is 88.1 Å². The van der Waals surface area contributed by atoms with Crippen LogP contribution in [0.5, 0.6) is 0 Å². The molecule has 2 fully saturated rings. The Balaban J connectivity index is 1.75. The molecule has 2 saturated heterocycles. The Hall–Kier alpha value is -1.54. The maximum Gasteiger partial charge on any atom is 0.516 e. The number of aromatic nitrogens is 2. The second-order valence-electron chi connectivity index (χ2n) is 11.3. The van der Waals surface area contributed by atoms with Crippen LogP contribution in [-0.2, 0) is 14.0 Å². The van der Waals surface area contributed by atoms with E-state index in [1.54, 1.807) is 0 Å². The van der Waals surface area contributed by atoms with Gasteiger partial charge in [-0.25, -0.2) is 4.79 Å².